The third-order valence-electron chi connectivity index (χ3n) is 0.287. The lowest BCUT2D eigenvalue weighted by Crippen LogP contribution is -2.20. The Kier molecular flexibility index (Phi) is 9.02. The summed E-state index contributed by atoms with van der Waals surface area (Å²) in [5.74, 6) is -0.263. The van der Waals surface area contributed by atoms with E-state index in [9.17, 15) is 9.00 Å². The average molecular weight is 151 g/mol. The number of amides is 1. The minimum Gasteiger partial charge on any atom is -0.307 e. The van der Waals surface area contributed by atoms with E-state index in [0.29, 0.717) is 0 Å². The predicted octanol–water partition coefficient (Wildman–Crippen LogP) is -0.769. The Balaban J connectivity index is 0. The van der Waals surface area contributed by atoms with Crippen LogP contribution in [0.15, 0.2) is 0 Å². The highest BCUT2D eigenvalue weighted by atomic mass is 32.2. The van der Waals surface area contributed by atoms with Gasteiger partial charge >= 0.3 is 0 Å². The quantitative estimate of drug-likeness (QED) is 0.535. The summed E-state index contributed by atoms with van der Waals surface area (Å²) in [6, 6.07) is 0. The molecule has 1 unspecified atom stereocenters. The van der Waals surface area contributed by atoms with Gasteiger partial charge in [0.05, 0.1) is 0 Å². The molecular formula is C4H9NO3S. The number of carbonyl (C=O) groups excluding carboxylic acids is 2. The molecule has 0 fully saturated rings. The Morgan fingerprint density at radius 3 is 1.89 bits per heavy atom. The minimum absolute atomic E-state index is 0.263. The first-order valence-corrected chi connectivity index (χ1v) is 3.58. The topological polar surface area (TPSA) is 63.2 Å². The van der Waals surface area contributed by atoms with Gasteiger partial charge in [0, 0.05) is 13.2 Å². The first kappa shape index (κ1) is 11.1. The summed E-state index contributed by atoms with van der Waals surface area (Å²) >= 11 is 0. The molecular weight excluding hydrogens is 142 g/mol. The molecule has 5 heteroatoms. The summed E-state index contributed by atoms with van der Waals surface area (Å²) in [6.45, 7) is 3.32. The highest BCUT2D eigenvalue weighted by Gasteiger charge is 1.88. The van der Waals surface area contributed by atoms with Crippen LogP contribution in [0.3, 0.4) is 0 Å². The normalized spacial score (nSPS) is 10.4. The fourth-order valence-electron chi connectivity index (χ4n) is 0.202. The second-order valence-corrected chi connectivity index (χ2v) is 2.22. The zero-order valence-corrected chi connectivity index (χ0v) is 6.16. The summed E-state index contributed by atoms with van der Waals surface area (Å²) in [5, 5.41) is 0. The first-order valence-electron chi connectivity index (χ1n) is 2.02. The molecule has 0 bridgehead atoms. The molecule has 0 aromatic carbocycles. The Bertz CT molecular complexity index is 102. The molecule has 0 saturated heterocycles. The molecule has 1 N–H and O–H groups in total. The highest BCUT2D eigenvalue weighted by Crippen LogP contribution is 1.61. The number of rotatable bonds is 1. The van der Waals surface area contributed by atoms with Gasteiger partial charge in [-0.05, 0) is 0 Å². The maximum Gasteiger partial charge on any atom is 0.228 e. The summed E-state index contributed by atoms with van der Waals surface area (Å²) in [5.41, 5.74) is 0. The average Bonchev–Trinajstić information content (AvgIpc) is 1.68. The summed E-state index contributed by atoms with van der Waals surface area (Å²) in [6.07, 6.45) is 1.40. The van der Waals surface area contributed by atoms with Crippen LogP contribution < -0.4 is 4.72 Å². The van der Waals surface area contributed by atoms with Gasteiger partial charge in [-0.2, -0.15) is 0 Å². The maximum atomic E-state index is 10.0. The molecule has 0 aliphatic carbocycles. The van der Waals surface area contributed by atoms with Crippen LogP contribution in [0.1, 0.15) is 6.92 Å². The summed E-state index contributed by atoms with van der Waals surface area (Å²) in [7, 11) is -1.20. The molecule has 0 saturated carbocycles. The van der Waals surface area contributed by atoms with E-state index >= 15 is 0 Å². The van der Waals surface area contributed by atoms with Crippen LogP contribution in [-0.4, -0.2) is 23.2 Å². The molecule has 4 nitrogen and oxygen atoms in total. The molecule has 9 heavy (non-hydrogen) atoms. The van der Waals surface area contributed by atoms with Gasteiger partial charge in [-0.25, -0.2) is 4.21 Å². The third-order valence-corrected chi connectivity index (χ3v) is 0.862. The van der Waals surface area contributed by atoms with Crippen LogP contribution >= 0.6 is 0 Å². The van der Waals surface area contributed by atoms with E-state index < -0.39 is 11.0 Å². The van der Waals surface area contributed by atoms with Crippen molar-refractivity contribution < 1.29 is 13.8 Å². The lowest BCUT2D eigenvalue weighted by Gasteiger charge is -1.89. The highest BCUT2D eigenvalue weighted by molar-refractivity contribution is 7.82. The second kappa shape index (κ2) is 7.29. The van der Waals surface area contributed by atoms with E-state index in [1.807, 2.05) is 6.79 Å². The van der Waals surface area contributed by atoms with Crippen LogP contribution in [0.4, 0.5) is 0 Å². The molecule has 0 aromatic heterocycles. The number of hydrogen-bond donors (Lipinski definition) is 1. The van der Waals surface area contributed by atoms with Crippen molar-refractivity contribution in [1.29, 1.82) is 0 Å². The molecule has 0 heterocycles. The summed E-state index contributed by atoms with van der Waals surface area (Å²) < 4.78 is 12.2. The predicted molar refractivity (Wildman–Crippen MR) is 35.0 cm³/mol. The van der Waals surface area contributed by atoms with Gasteiger partial charge in [0.1, 0.15) is 17.8 Å². The van der Waals surface area contributed by atoms with E-state index in [-0.39, 0.29) is 5.91 Å². The minimum atomic E-state index is -1.20. The van der Waals surface area contributed by atoms with Crippen molar-refractivity contribution in [2.24, 2.45) is 0 Å². The molecule has 0 aliphatic rings. The fourth-order valence-corrected chi connectivity index (χ4v) is 0.607. The zero-order valence-electron chi connectivity index (χ0n) is 5.34. The molecule has 1 amide bonds. The third kappa shape index (κ3) is 18.8. The smallest absolute Gasteiger partial charge is 0.228 e. The fraction of sp³-hybridized carbons (Fsp3) is 0.500. The Morgan fingerprint density at radius 1 is 1.56 bits per heavy atom. The Hall–Kier alpha value is -0.710. The van der Waals surface area contributed by atoms with Gasteiger partial charge in [0.15, 0.2) is 0 Å². The molecule has 0 aliphatic heterocycles. The van der Waals surface area contributed by atoms with Crippen LogP contribution in [0, 0.1) is 0 Å². The van der Waals surface area contributed by atoms with E-state index in [4.69, 9.17) is 4.79 Å². The molecule has 0 aromatic rings. The zero-order chi connectivity index (χ0) is 7.86. The lowest BCUT2D eigenvalue weighted by molar-refractivity contribution is -0.117. The van der Waals surface area contributed by atoms with Crippen LogP contribution in [-0.2, 0) is 20.6 Å². The van der Waals surface area contributed by atoms with Crippen molar-refractivity contribution in [1.82, 2.24) is 4.72 Å². The van der Waals surface area contributed by atoms with E-state index in [1.165, 1.54) is 13.2 Å². The number of carbonyl (C=O) groups is 2. The maximum absolute atomic E-state index is 10.0. The second-order valence-electron chi connectivity index (χ2n) is 1.11. The van der Waals surface area contributed by atoms with Gasteiger partial charge in [-0.1, -0.05) is 0 Å². The van der Waals surface area contributed by atoms with Gasteiger partial charge in [-0.3, -0.25) is 9.52 Å². The van der Waals surface area contributed by atoms with Crippen LogP contribution in [0.5, 0.6) is 0 Å². The van der Waals surface area contributed by atoms with Crippen LogP contribution in [0.25, 0.3) is 0 Å². The Morgan fingerprint density at radius 2 is 1.89 bits per heavy atom. The molecule has 1 atom stereocenters. The van der Waals surface area contributed by atoms with Crippen molar-refractivity contribution in [2.45, 2.75) is 6.92 Å². The van der Waals surface area contributed by atoms with Crippen LogP contribution in [0.2, 0.25) is 0 Å². The van der Waals surface area contributed by atoms with Crippen molar-refractivity contribution in [2.75, 3.05) is 6.26 Å². The van der Waals surface area contributed by atoms with Gasteiger partial charge < -0.3 is 4.79 Å². The molecule has 0 spiro atoms. The van der Waals surface area contributed by atoms with E-state index in [0.717, 1.165) is 0 Å². The standard InChI is InChI=1S/C3H7NO2S.CH2O/c1-3(5)4-7(2)6;1-2/h1-2H3,(H,4,5);1H2. The SMILES string of the molecule is C=O.CC(=O)NS(C)=O. The molecule has 0 rings (SSSR count). The van der Waals surface area contributed by atoms with Gasteiger partial charge in [-0.15, -0.1) is 0 Å². The number of nitrogens with one attached hydrogen (secondary N) is 1. The summed E-state index contributed by atoms with van der Waals surface area (Å²) in [4.78, 5) is 18.0. The van der Waals surface area contributed by atoms with Gasteiger partial charge in [0.2, 0.25) is 5.91 Å². The van der Waals surface area contributed by atoms with Crippen molar-refractivity contribution >= 4 is 23.7 Å². The van der Waals surface area contributed by atoms with E-state index in [1.54, 1.807) is 0 Å². The molecule has 0 radical (unpaired) electrons. The number of hydrogen-bond acceptors (Lipinski definition) is 3. The van der Waals surface area contributed by atoms with Crippen molar-refractivity contribution in [3.8, 4) is 0 Å². The molecule has 54 valence electrons. The van der Waals surface area contributed by atoms with Gasteiger partial charge in [0.25, 0.3) is 0 Å². The monoisotopic (exact) mass is 151 g/mol. The van der Waals surface area contributed by atoms with E-state index in [2.05, 4.69) is 4.72 Å². The van der Waals surface area contributed by atoms with Crippen molar-refractivity contribution in [3.63, 3.8) is 0 Å². The lowest BCUT2D eigenvalue weighted by atomic mass is 10.8. The first-order chi connectivity index (χ1) is 4.13. The Labute approximate surface area is 56.2 Å². The van der Waals surface area contributed by atoms with Crippen molar-refractivity contribution in [3.05, 3.63) is 0 Å². The largest absolute Gasteiger partial charge is 0.307 e.